The zero-order valence-electron chi connectivity index (χ0n) is 16.9. The molecular weight excluding hydrogens is 402 g/mol. The second-order valence-corrected chi connectivity index (χ2v) is 7.90. The highest BCUT2D eigenvalue weighted by Gasteiger charge is 2.16. The van der Waals surface area contributed by atoms with Crippen molar-refractivity contribution in [2.75, 3.05) is 37.4 Å². The van der Waals surface area contributed by atoms with Gasteiger partial charge in [0, 0.05) is 31.9 Å². The van der Waals surface area contributed by atoms with Gasteiger partial charge < -0.3 is 14.5 Å². The van der Waals surface area contributed by atoms with Crippen molar-refractivity contribution in [3.63, 3.8) is 0 Å². The Labute approximate surface area is 179 Å². The Bertz CT molecular complexity index is 967. The van der Waals surface area contributed by atoms with Crippen molar-refractivity contribution in [2.24, 2.45) is 0 Å². The molecular formula is C21H25N5O3S. The third kappa shape index (κ3) is 5.10. The molecule has 8 nitrogen and oxygen atoms in total. The first-order valence-electron chi connectivity index (χ1n) is 10.0. The second-order valence-electron chi connectivity index (χ2n) is 6.95. The van der Waals surface area contributed by atoms with E-state index in [9.17, 15) is 4.79 Å². The van der Waals surface area contributed by atoms with Gasteiger partial charge in [0.1, 0.15) is 0 Å². The molecule has 1 aromatic carbocycles. The van der Waals surface area contributed by atoms with Crippen molar-refractivity contribution in [3.8, 4) is 11.6 Å². The number of nitrogens with one attached hydrogen (secondary N) is 1. The van der Waals surface area contributed by atoms with E-state index in [0.29, 0.717) is 23.3 Å². The fourth-order valence-corrected chi connectivity index (χ4v) is 4.16. The van der Waals surface area contributed by atoms with E-state index < -0.39 is 0 Å². The van der Waals surface area contributed by atoms with Crippen LogP contribution >= 0.6 is 11.8 Å². The summed E-state index contributed by atoms with van der Waals surface area (Å²) >= 11 is 1.36. The number of benzene rings is 1. The molecule has 1 aliphatic rings. The molecule has 1 amide bonds. The molecule has 0 spiro atoms. The highest BCUT2D eigenvalue weighted by Crippen LogP contribution is 2.24. The number of morpholine rings is 1. The number of ether oxygens (including phenoxy) is 1. The van der Waals surface area contributed by atoms with Crippen molar-refractivity contribution in [2.45, 2.75) is 25.2 Å². The smallest absolute Gasteiger partial charge is 0.234 e. The van der Waals surface area contributed by atoms with E-state index in [1.165, 1.54) is 17.3 Å². The number of rotatable bonds is 8. The second kappa shape index (κ2) is 9.92. The molecule has 0 saturated carbocycles. The van der Waals surface area contributed by atoms with Gasteiger partial charge in [0.15, 0.2) is 16.7 Å². The average molecular weight is 428 g/mol. The van der Waals surface area contributed by atoms with E-state index in [-0.39, 0.29) is 11.7 Å². The lowest BCUT2D eigenvalue weighted by molar-refractivity contribution is -0.113. The highest BCUT2D eigenvalue weighted by molar-refractivity contribution is 7.99. The maximum Gasteiger partial charge on any atom is 0.234 e. The average Bonchev–Trinajstić information content (AvgIpc) is 3.42. The van der Waals surface area contributed by atoms with Crippen molar-refractivity contribution < 1.29 is 13.9 Å². The number of aromatic nitrogens is 3. The van der Waals surface area contributed by atoms with Crippen LogP contribution in [0.5, 0.6) is 0 Å². The molecule has 3 heterocycles. The summed E-state index contributed by atoms with van der Waals surface area (Å²) in [6.45, 7) is 6.99. The minimum atomic E-state index is -0.0753. The molecule has 0 aliphatic carbocycles. The zero-order chi connectivity index (χ0) is 20.8. The number of hydrogen-bond acceptors (Lipinski definition) is 7. The van der Waals surface area contributed by atoms with Crippen LogP contribution in [0.25, 0.3) is 11.6 Å². The summed E-state index contributed by atoms with van der Waals surface area (Å²) in [5, 5.41) is 12.1. The van der Waals surface area contributed by atoms with Gasteiger partial charge in [-0.15, -0.1) is 10.2 Å². The van der Waals surface area contributed by atoms with Gasteiger partial charge in [-0.1, -0.05) is 23.9 Å². The number of furan rings is 1. The Balaban J connectivity index is 1.33. The number of carbonyl (C=O) groups is 1. The molecule has 9 heteroatoms. The molecule has 1 fully saturated rings. The van der Waals surface area contributed by atoms with Crippen molar-refractivity contribution in [1.29, 1.82) is 0 Å². The van der Waals surface area contributed by atoms with Gasteiger partial charge in [0.2, 0.25) is 5.91 Å². The first kappa shape index (κ1) is 20.6. The third-order valence-corrected chi connectivity index (χ3v) is 5.79. The Morgan fingerprint density at radius 1 is 1.20 bits per heavy atom. The third-order valence-electron chi connectivity index (χ3n) is 4.83. The molecule has 1 N–H and O–H groups in total. The monoisotopic (exact) mass is 427 g/mol. The molecule has 3 aromatic rings. The number of amides is 1. The summed E-state index contributed by atoms with van der Waals surface area (Å²) in [5.41, 5.74) is 1.98. The topological polar surface area (TPSA) is 85.4 Å². The molecule has 158 valence electrons. The standard InChI is InChI=1S/C21H25N5O3S/c1-2-26-20(18-7-4-10-29-18)23-24-21(26)30-15-19(27)22-17-6-3-5-16(13-17)14-25-8-11-28-12-9-25/h3-7,10,13H,2,8-9,11-12,14-15H2,1H3,(H,22,27). The van der Waals surface area contributed by atoms with Gasteiger partial charge in [0.05, 0.1) is 25.2 Å². The van der Waals surface area contributed by atoms with E-state index in [2.05, 4.69) is 26.5 Å². The minimum Gasteiger partial charge on any atom is -0.461 e. The Hall–Kier alpha value is -2.62. The fraction of sp³-hybridized carbons (Fsp3) is 0.381. The van der Waals surface area contributed by atoms with Gasteiger partial charge >= 0.3 is 0 Å². The summed E-state index contributed by atoms with van der Waals surface area (Å²) in [4.78, 5) is 14.8. The zero-order valence-corrected chi connectivity index (χ0v) is 17.7. The predicted octanol–water partition coefficient (Wildman–Crippen LogP) is 3.12. The molecule has 0 unspecified atom stereocenters. The number of carbonyl (C=O) groups excluding carboxylic acids is 1. The van der Waals surface area contributed by atoms with E-state index in [4.69, 9.17) is 9.15 Å². The fourth-order valence-electron chi connectivity index (χ4n) is 3.36. The summed E-state index contributed by atoms with van der Waals surface area (Å²) in [7, 11) is 0. The van der Waals surface area contributed by atoms with E-state index in [1.807, 2.05) is 41.8 Å². The lowest BCUT2D eigenvalue weighted by Gasteiger charge is -2.26. The molecule has 1 aliphatic heterocycles. The van der Waals surface area contributed by atoms with Crippen LogP contribution in [0.4, 0.5) is 5.69 Å². The van der Waals surface area contributed by atoms with Crippen LogP contribution < -0.4 is 5.32 Å². The minimum absolute atomic E-state index is 0.0753. The molecule has 0 bridgehead atoms. The van der Waals surface area contributed by atoms with Gasteiger partial charge in [-0.05, 0) is 36.8 Å². The van der Waals surface area contributed by atoms with Crippen molar-refractivity contribution in [3.05, 3.63) is 48.2 Å². The van der Waals surface area contributed by atoms with Gasteiger partial charge in [-0.3, -0.25) is 14.3 Å². The normalized spacial score (nSPS) is 14.7. The Morgan fingerprint density at radius 2 is 2.07 bits per heavy atom. The van der Waals surface area contributed by atoms with E-state index in [1.54, 1.807) is 6.26 Å². The summed E-state index contributed by atoms with van der Waals surface area (Å²) in [5.74, 6) is 1.51. The maximum atomic E-state index is 12.5. The maximum absolute atomic E-state index is 12.5. The molecule has 2 aromatic heterocycles. The number of hydrogen-bond donors (Lipinski definition) is 1. The lowest BCUT2D eigenvalue weighted by atomic mass is 10.2. The SMILES string of the molecule is CCn1c(SCC(=O)Nc2cccc(CN3CCOCC3)c2)nnc1-c1ccco1. The predicted molar refractivity (Wildman–Crippen MR) is 115 cm³/mol. The van der Waals surface area contributed by atoms with Gasteiger partial charge in [-0.2, -0.15) is 0 Å². The quantitative estimate of drug-likeness (QED) is 0.553. The van der Waals surface area contributed by atoms with Crippen LogP contribution in [-0.4, -0.2) is 57.6 Å². The largest absolute Gasteiger partial charge is 0.461 e. The molecule has 4 rings (SSSR count). The van der Waals surface area contributed by atoms with E-state index >= 15 is 0 Å². The Kier molecular flexibility index (Phi) is 6.83. The van der Waals surface area contributed by atoms with Gasteiger partial charge in [0.25, 0.3) is 0 Å². The molecule has 1 saturated heterocycles. The number of anilines is 1. The summed E-state index contributed by atoms with van der Waals surface area (Å²) < 4.78 is 12.8. The van der Waals surface area contributed by atoms with E-state index in [0.717, 1.165) is 38.5 Å². The van der Waals surface area contributed by atoms with Crippen molar-refractivity contribution >= 4 is 23.4 Å². The number of thioether (sulfide) groups is 1. The Morgan fingerprint density at radius 3 is 2.83 bits per heavy atom. The van der Waals surface area contributed by atoms with Crippen LogP contribution in [0.3, 0.4) is 0 Å². The van der Waals surface area contributed by atoms with Crippen LogP contribution in [0.1, 0.15) is 12.5 Å². The van der Waals surface area contributed by atoms with Crippen LogP contribution in [0.2, 0.25) is 0 Å². The molecule has 0 radical (unpaired) electrons. The van der Waals surface area contributed by atoms with Crippen molar-refractivity contribution in [1.82, 2.24) is 19.7 Å². The highest BCUT2D eigenvalue weighted by atomic mass is 32.2. The molecule has 0 atom stereocenters. The summed E-state index contributed by atoms with van der Waals surface area (Å²) in [6.07, 6.45) is 1.61. The van der Waals surface area contributed by atoms with Gasteiger partial charge in [-0.25, -0.2) is 0 Å². The lowest BCUT2D eigenvalue weighted by Crippen LogP contribution is -2.35. The number of nitrogens with zero attached hydrogens (tertiary/aromatic N) is 4. The van der Waals surface area contributed by atoms with Crippen LogP contribution in [-0.2, 0) is 22.6 Å². The van der Waals surface area contributed by atoms with Crippen LogP contribution in [0.15, 0.2) is 52.2 Å². The summed E-state index contributed by atoms with van der Waals surface area (Å²) in [6, 6.07) is 11.7. The van der Waals surface area contributed by atoms with Crippen LogP contribution in [0, 0.1) is 0 Å². The first-order chi connectivity index (χ1) is 14.7. The first-order valence-corrected chi connectivity index (χ1v) is 11.0. The molecule has 30 heavy (non-hydrogen) atoms.